The number of hydrogen-bond acceptors (Lipinski definition) is 4. The van der Waals surface area contributed by atoms with Gasteiger partial charge in [0.05, 0.1) is 23.0 Å². The first kappa shape index (κ1) is 21.8. The number of rotatable bonds is 6. The molecule has 1 atom stereocenters. The fourth-order valence-corrected chi connectivity index (χ4v) is 4.53. The molecule has 0 spiro atoms. The van der Waals surface area contributed by atoms with E-state index in [2.05, 4.69) is 26.3 Å². The van der Waals surface area contributed by atoms with Crippen LogP contribution in [0.1, 0.15) is 55.7 Å². The Labute approximate surface area is 187 Å². The molecule has 0 amide bonds. The SMILES string of the molecule is CCc1ncc(-c2cnn(C3CCNCC3)c2)cc1OC(C)c1c(C)ccc(F)c1Cl. The Hall–Kier alpha value is -2.44. The van der Waals surface area contributed by atoms with Gasteiger partial charge in [-0.3, -0.25) is 9.67 Å². The van der Waals surface area contributed by atoms with Gasteiger partial charge in [-0.05, 0) is 63.9 Å². The molecule has 0 radical (unpaired) electrons. The molecule has 0 aliphatic carbocycles. The van der Waals surface area contributed by atoms with Crippen LogP contribution < -0.4 is 10.1 Å². The summed E-state index contributed by atoms with van der Waals surface area (Å²) in [4.78, 5) is 4.63. The maximum atomic E-state index is 14.0. The molecule has 3 heterocycles. The van der Waals surface area contributed by atoms with Crippen molar-refractivity contribution in [2.45, 2.75) is 52.2 Å². The van der Waals surface area contributed by atoms with Gasteiger partial charge in [0.15, 0.2) is 0 Å². The zero-order chi connectivity index (χ0) is 22.0. The lowest BCUT2D eigenvalue weighted by Gasteiger charge is -2.22. The molecule has 1 fully saturated rings. The summed E-state index contributed by atoms with van der Waals surface area (Å²) in [6.07, 6.45) is 8.29. The molecule has 1 aliphatic heterocycles. The van der Waals surface area contributed by atoms with Gasteiger partial charge in [0.25, 0.3) is 0 Å². The smallest absolute Gasteiger partial charge is 0.142 e. The van der Waals surface area contributed by atoms with Crippen LogP contribution in [0.4, 0.5) is 4.39 Å². The quantitative estimate of drug-likeness (QED) is 0.534. The second kappa shape index (κ2) is 9.37. The number of aromatic nitrogens is 3. The highest BCUT2D eigenvalue weighted by molar-refractivity contribution is 6.31. The van der Waals surface area contributed by atoms with E-state index in [0.29, 0.717) is 17.4 Å². The van der Waals surface area contributed by atoms with Gasteiger partial charge < -0.3 is 10.1 Å². The van der Waals surface area contributed by atoms with Gasteiger partial charge in [-0.25, -0.2) is 4.39 Å². The van der Waals surface area contributed by atoms with Gasteiger partial charge in [-0.1, -0.05) is 24.6 Å². The van der Waals surface area contributed by atoms with Crippen molar-refractivity contribution in [1.82, 2.24) is 20.1 Å². The highest BCUT2D eigenvalue weighted by Gasteiger charge is 2.20. The summed E-state index contributed by atoms with van der Waals surface area (Å²) in [6, 6.07) is 5.52. The Morgan fingerprint density at radius 2 is 2.03 bits per heavy atom. The molecule has 3 aromatic rings. The molecule has 0 saturated carbocycles. The van der Waals surface area contributed by atoms with Crippen molar-refractivity contribution in [1.29, 1.82) is 0 Å². The van der Waals surface area contributed by atoms with Crippen LogP contribution in [0.2, 0.25) is 5.02 Å². The molecule has 2 aromatic heterocycles. The van der Waals surface area contributed by atoms with E-state index in [1.807, 2.05) is 39.2 Å². The van der Waals surface area contributed by atoms with E-state index < -0.39 is 11.9 Å². The predicted molar refractivity (Wildman–Crippen MR) is 121 cm³/mol. The third-order valence-electron chi connectivity index (χ3n) is 5.94. The van der Waals surface area contributed by atoms with Crippen LogP contribution in [0.25, 0.3) is 11.1 Å². The second-order valence-corrected chi connectivity index (χ2v) is 8.44. The number of aryl methyl sites for hydroxylation is 2. The van der Waals surface area contributed by atoms with Crippen LogP contribution in [0, 0.1) is 12.7 Å². The summed E-state index contributed by atoms with van der Waals surface area (Å²) in [5.41, 5.74) is 4.36. The summed E-state index contributed by atoms with van der Waals surface area (Å²) in [5.74, 6) is 0.243. The van der Waals surface area contributed by atoms with Gasteiger partial charge in [0.2, 0.25) is 0 Å². The molecule has 31 heavy (non-hydrogen) atoms. The first-order valence-corrected chi connectivity index (χ1v) is 11.2. The molecule has 0 bridgehead atoms. The first-order chi connectivity index (χ1) is 15.0. The van der Waals surface area contributed by atoms with Crippen LogP contribution in [-0.4, -0.2) is 27.9 Å². The van der Waals surface area contributed by atoms with Crippen molar-refractivity contribution in [3.8, 4) is 16.9 Å². The topological polar surface area (TPSA) is 52.0 Å². The Kier molecular flexibility index (Phi) is 6.58. The Balaban J connectivity index is 1.61. The van der Waals surface area contributed by atoms with Crippen LogP contribution >= 0.6 is 11.6 Å². The molecular weight excluding hydrogens is 415 g/mol. The molecule has 5 nitrogen and oxygen atoms in total. The van der Waals surface area contributed by atoms with E-state index in [-0.39, 0.29) is 5.02 Å². The lowest BCUT2D eigenvalue weighted by atomic mass is 10.0. The van der Waals surface area contributed by atoms with E-state index in [9.17, 15) is 4.39 Å². The molecule has 1 aromatic carbocycles. The fourth-order valence-electron chi connectivity index (χ4n) is 4.17. The summed E-state index contributed by atoms with van der Waals surface area (Å²) >= 11 is 6.25. The van der Waals surface area contributed by atoms with Crippen molar-refractivity contribution in [2.24, 2.45) is 0 Å². The van der Waals surface area contributed by atoms with Crippen molar-refractivity contribution >= 4 is 11.6 Å². The zero-order valence-electron chi connectivity index (χ0n) is 18.2. The van der Waals surface area contributed by atoms with E-state index in [1.54, 1.807) is 6.07 Å². The lowest BCUT2D eigenvalue weighted by molar-refractivity contribution is 0.222. The van der Waals surface area contributed by atoms with Crippen LogP contribution in [0.15, 0.2) is 36.8 Å². The van der Waals surface area contributed by atoms with Gasteiger partial charge >= 0.3 is 0 Å². The minimum absolute atomic E-state index is 0.109. The number of halogens is 2. The number of ether oxygens (including phenoxy) is 1. The summed E-state index contributed by atoms with van der Waals surface area (Å²) in [6.45, 7) is 7.87. The van der Waals surface area contributed by atoms with E-state index in [0.717, 1.165) is 54.7 Å². The Morgan fingerprint density at radius 1 is 1.26 bits per heavy atom. The van der Waals surface area contributed by atoms with Crippen molar-refractivity contribution in [3.63, 3.8) is 0 Å². The average Bonchev–Trinajstić information content (AvgIpc) is 3.27. The van der Waals surface area contributed by atoms with Crippen molar-refractivity contribution in [2.75, 3.05) is 13.1 Å². The molecule has 4 rings (SSSR count). The van der Waals surface area contributed by atoms with E-state index >= 15 is 0 Å². The predicted octanol–water partition coefficient (Wildman–Crippen LogP) is 5.67. The van der Waals surface area contributed by atoms with Gasteiger partial charge in [-0.15, -0.1) is 0 Å². The lowest BCUT2D eigenvalue weighted by Crippen LogP contribution is -2.29. The number of nitrogens with one attached hydrogen (secondary N) is 1. The maximum absolute atomic E-state index is 14.0. The first-order valence-electron chi connectivity index (χ1n) is 10.8. The molecule has 1 unspecified atom stereocenters. The highest BCUT2D eigenvalue weighted by Crippen LogP contribution is 2.34. The molecule has 164 valence electrons. The molecular formula is C24H28ClFN4O. The Morgan fingerprint density at radius 3 is 2.77 bits per heavy atom. The second-order valence-electron chi connectivity index (χ2n) is 8.06. The largest absolute Gasteiger partial charge is 0.484 e. The van der Waals surface area contributed by atoms with E-state index in [4.69, 9.17) is 16.3 Å². The molecule has 1 aliphatic rings. The Bertz CT molecular complexity index is 1060. The molecule has 1 N–H and O–H groups in total. The van der Waals surface area contributed by atoms with Gasteiger partial charge in [-0.2, -0.15) is 5.10 Å². The fraction of sp³-hybridized carbons (Fsp3) is 0.417. The third kappa shape index (κ3) is 4.60. The summed E-state index contributed by atoms with van der Waals surface area (Å²) in [7, 11) is 0. The van der Waals surface area contributed by atoms with Crippen LogP contribution in [-0.2, 0) is 6.42 Å². The number of piperidine rings is 1. The monoisotopic (exact) mass is 442 g/mol. The number of nitrogens with zero attached hydrogens (tertiary/aromatic N) is 3. The van der Waals surface area contributed by atoms with Gasteiger partial charge in [0.1, 0.15) is 17.7 Å². The molecule has 1 saturated heterocycles. The normalized spacial score (nSPS) is 15.8. The minimum Gasteiger partial charge on any atom is -0.484 e. The van der Waals surface area contributed by atoms with E-state index in [1.165, 1.54) is 6.07 Å². The van der Waals surface area contributed by atoms with Gasteiger partial charge in [0, 0.05) is 29.1 Å². The van der Waals surface area contributed by atoms with Crippen molar-refractivity contribution in [3.05, 3.63) is 64.5 Å². The number of benzene rings is 1. The zero-order valence-corrected chi connectivity index (χ0v) is 18.9. The summed E-state index contributed by atoms with van der Waals surface area (Å²) < 4.78 is 22.4. The molecule has 7 heteroatoms. The van der Waals surface area contributed by atoms with Crippen molar-refractivity contribution < 1.29 is 9.13 Å². The third-order valence-corrected chi connectivity index (χ3v) is 6.33. The highest BCUT2D eigenvalue weighted by atomic mass is 35.5. The number of pyridine rings is 1. The average molecular weight is 443 g/mol. The standard InChI is InChI=1S/C24H28ClFN4O/c1-4-21-22(31-16(3)23-15(2)5-6-20(26)24(23)25)11-17(12-28-21)18-13-29-30(14-18)19-7-9-27-10-8-19/h5-6,11-14,16,19,27H,4,7-10H2,1-3H3. The minimum atomic E-state index is -0.439. The van der Waals surface area contributed by atoms with Crippen LogP contribution in [0.3, 0.4) is 0 Å². The number of hydrogen-bond donors (Lipinski definition) is 1. The maximum Gasteiger partial charge on any atom is 0.142 e. The summed E-state index contributed by atoms with van der Waals surface area (Å²) in [5, 5.41) is 8.09. The van der Waals surface area contributed by atoms with Crippen LogP contribution in [0.5, 0.6) is 5.75 Å².